The molecule has 1 aromatic carbocycles. The summed E-state index contributed by atoms with van der Waals surface area (Å²) >= 11 is 3.25. The molecule has 3 N–H and O–H groups in total. The summed E-state index contributed by atoms with van der Waals surface area (Å²) < 4.78 is 19.6. The number of carbonyl (C=O) groups is 1. The summed E-state index contributed by atoms with van der Waals surface area (Å²) in [7, 11) is 0. The van der Waals surface area contributed by atoms with Crippen LogP contribution >= 0.6 is 15.9 Å². The van der Waals surface area contributed by atoms with Crippen LogP contribution in [0.3, 0.4) is 0 Å². The molecule has 0 spiro atoms. The van der Waals surface area contributed by atoms with Gasteiger partial charge in [0.05, 0.1) is 5.60 Å². The van der Waals surface area contributed by atoms with E-state index in [1.165, 1.54) is 6.07 Å². The maximum absolute atomic E-state index is 13.6. The maximum atomic E-state index is 13.6. The normalized spacial score (nSPS) is 14.6. The fourth-order valence-electron chi connectivity index (χ4n) is 1.85. The summed E-state index contributed by atoms with van der Waals surface area (Å²) in [6, 6.07) is 3.46. The van der Waals surface area contributed by atoms with Crippen molar-refractivity contribution in [2.24, 2.45) is 0 Å². The Hall–Kier alpha value is -1.02. The summed E-state index contributed by atoms with van der Waals surface area (Å²) in [6.45, 7) is 5.22. The molecule has 124 valence electrons. The summed E-state index contributed by atoms with van der Waals surface area (Å²) in [4.78, 5) is 11.2. The minimum atomic E-state index is -1.41. The van der Waals surface area contributed by atoms with Gasteiger partial charge in [-0.25, -0.2) is 4.39 Å². The largest absolute Gasteiger partial charge is 0.480 e. The van der Waals surface area contributed by atoms with E-state index in [0.29, 0.717) is 5.56 Å². The second kappa shape index (κ2) is 8.01. The van der Waals surface area contributed by atoms with Crippen LogP contribution in [0, 0.1) is 5.82 Å². The van der Waals surface area contributed by atoms with Crippen LogP contribution < -0.4 is 5.32 Å². The summed E-state index contributed by atoms with van der Waals surface area (Å²) in [6.07, 6.45) is -1.07. The molecule has 0 aliphatic rings. The van der Waals surface area contributed by atoms with Crippen LogP contribution in [-0.2, 0) is 16.0 Å². The molecule has 0 radical (unpaired) electrons. The van der Waals surface area contributed by atoms with Gasteiger partial charge in [-0.1, -0.05) is 15.9 Å². The van der Waals surface area contributed by atoms with Gasteiger partial charge in [0.15, 0.2) is 0 Å². The van der Waals surface area contributed by atoms with Gasteiger partial charge in [0.1, 0.15) is 11.9 Å². The molecule has 0 aliphatic carbocycles. The lowest BCUT2D eigenvalue weighted by Crippen LogP contribution is -2.47. The fourth-order valence-corrected chi connectivity index (χ4v) is 2.26. The van der Waals surface area contributed by atoms with Crippen LogP contribution in [0.5, 0.6) is 0 Å². The van der Waals surface area contributed by atoms with Crippen LogP contribution in [0.4, 0.5) is 4.39 Å². The van der Waals surface area contributed by atoms with Gasteiger partial charge in [-0.05, 0) is 57.4 Å². The highest BCUT2D eigenvalue weighted by atomic mass is 79.9. The van der Waals surface area contributed by atoms with E-state index < -0.39 is 24.0 Å². The zero-order valence-corrected chi connectivity index (χ0v) is 14.4. The number of rotatable bonds is 7. The van der Waals surface area contributed by atoms with Crippen LogP contribution in [0.25, 0.3) is 0 Å². The van der Waals surface area contributed by atoms with Crippen LogP contribution in [0.1, 0.15) is 32.8 Å². The standard InChI is InChI=1S/C15H21BrFNO4/c1-15(2,3)22-14(21)18-12(13(19)20)7-4-9-8-10(16)5-6-11(9)17/h5-6,8,12,14,18,21H,4,7H2,1-3H3,(H,19,20). The van der Waals surface area contributed by atoms with Crippen molar-refractivity contribution in [1.29, 1.82) is 0 Å². The van der Waals surface area contributed by atoms with Crippen molar-refractivity contribution in [2.75, 3.05) is 0 Å². The third-order valence-electron chi connectivity index (χ3n) is 2.82. The van der Waals surface area contributed by atoms with Gasteiger partial charge in [-0.2, -0.15) is 0 Å². The monoisotopic (exact) mass is 377 g/mol. The van der Waals surface area contributed by atoms with Crippen molar-refractivity contribution in [1.82, 2.24) is 5.32 Å². The fraction of sp³-hybridized carbons (Fsp3) is 0.533. The maximum Gasteiger partial charge on any atom is 0.320 e. The first-order chi connectivity index (χ1) is 10.1. The summed E-state index contributed by atoms with van der Waals surface area (Å²) in [5.41, 5.74) is -0.208. The predicted octanol–water partition coefficient (Wildman–Crippen LogP) is 2.65. The number of carboxylic acids is 1. The number of aliphatic carboxylic acids is 1. The van der Waals surface area contributed by atoms with E-state index in [-0.39, 0.29) is 18.7 Å². The third kappa shape index (κ3) is 6.83. The number of aryl methyl sites for hydroxylation is 1. The molecule has 22 heavy (non-hydrogen) atoms. The number of aliphatic hydroxyl groups excluding tert-OH is 1. The molecule has 0 fully saturated rings. The Balaban J connectivity index is 2.65. The Bertz CT molecular complexity index is 519. The van der Waals surface area contributed by atoms with Gasteiger partial charge in [0.2, 0.25) is 6.41 Å². The highest BCUT2D eigenvalue weighted by molar-refractivity contribution is 9.10. The highest BCUT2D eigenvalue weighted by Crippen LogP contribution is 2.18. The molecular weight excluding hydrogens is 357 g/mol. The van der Waals surface area contributed by atoms with Gasteiger partial charge >= 0.3 is 5.97 Å². The molecule has 0 bridgehead atoms. The van der Waals surface area contributed by atoms with Crippen molar-refractivity contribution < 1.29 is 24.1 Å². The van der Waals surface area contributed by atoms with Gasteiger partial charge in [-0.15, -0.1) is 0 Å². The lowest BCUT2D eigenvalue weighted by atomic mass is 10.0. The average Bonchev–Trinajstić information content (AvgIpc) is 2.35. The van der Waals surface area contributed by atoms with Gasteiger partial charge in [0.25, 0.3) is 0 Å². The molecule has 0 aliphatic heterocycles. The number of halogens is 2. The zero-order chi connectivity index (χ0) is 16.9. The summed E-state index contributed by atoms with van der Waals surface area (Å²) in [5, 5.41) is 21.4. The van der Waals surface area contributed by atoms with E-state index in [0.717, 1.165) is 4.47 Å². The smallest absolute Gasteiger partial charge is 0.320 e. The number of hydrogen-bond donors (Lipinski definition) is 3. The molecule has 5 nitrogen and oxygen atoms in total. The van der Waals surface area contributed by atoms with E-state index in [2.05, 4.69) is 21.2 Å². The van der Waals surface area contributed by atoms with Crippen molar-refractivity contribution in [3.8, 4) is 0 Å². The van der Waals surface area contributed by atoms with Crippen molar-refractivity contribution in [3.05, 3.63) is 34.1 Å². The lowest BCUT2D eigenvalue weighted by molar-refractivity contribution is -0.189. The molecule has 1 rings (SSSR count). The minimum Gasteiger partial charge on any atom is -0.480 e. The topological polar surface area (TPSA) is 78.8 Å². The van der Waals surface area contributed by atoms with Crippen LogP contribution in [-0.4, -0.2) is 34.2 Å². The van der Waals surface area contributed by atoms with E-state index in [9.17, 15) is 19.4 Å². The molecule has 0 aromatic heterocycles. The van der Waals surface area contributed by atoms with Crippen molar-refractivity contribution in [3.63, 3.8) is 0 Å². The Labute approximate surface area is 137 Å². The van der Waals surface area contributed by atoms with Crippen LogP contribution in [0.2, 0.25) is 0 Å². The lowest BCUT2D eigenvalue weighted by Gasteiger charge is -2.26. The number of aliphatic hydroxyl groups is 1. The van der Waals surface area contributed by atoms with E-state index in [1.54, 1.807) is 32.9 Å². The SMILES string of the molecule is CC(C)(C)OC(O)NC(CCc1cc(Br)ccc1F)C(=O)O. The second-order valence-electron chi connectivity index (χ2n) is 5.91. The molecule has 2 atom stereocenters. The van der Waals surface area contributed by atoms with Crippen LogP contribution in [0.15, 0.2) is 22.7 Å². The molecule has 7 heteroatoms. The Kier molecular flexibility index (Phi) is 6.93. The number of carboxylic acid groups (broad SMARTS) is 1. The van der Waals surface area contributed by atoms with Gasteiger partial charge < -0.3 is 14.9 Å². The van der Waals surface area contributed by atoms with Gasteiger partial charge in [0, 0.05) is 4.47 Å². The van der Waals surface area contributed by atoms with Crippen molar-refractivity contribution >= 4 is 21.9 Å². The number of nitrogens with one attached hydrogen (secondary N) is 1. The molecule has 2 unspecified atom stereocenters. The van der Waals surface area contributed by atoms with E-state index in [4.69, 9.17) is 4.74 Å². The third-order valence-corrected chi connectivity index (χ3v) is 3.31. The number of hydrogen-bond acceptors (Lipinski definition) is 4. The number of ether oxygens (including phenoxy) is 1. The quantitative estimate of drug-likeness (QED) is 0.636. The first kappa shape index (κ1) is 19.0. The van der Waals surface area contributed by atoms with Gasteiger partial charge in [-0.3, -0.25) is 10.1 Å². The molecular formula is C15H21BrFNO4. The molecule has 0 saturated heterocycles. The van der Waals surface area contributed by atoms with E-state index >= 15 is 0 Å². The number of benzene rings is 1. The minimum absolute atomic E-state index is 0.118. The Morgan fingerprint density at radius 2 is 2.09 bits per heavy atom. The second-order valence-corrected chi connectivity index (χ2v) is 6.83. The molecule has 0 saturated carbocycles. The molecule has 0 amide bonds. The molecule has 0 heterocycles. The highest BCUT2D eigenvalue weighted by Gasteiger charge is 2.24. The van der Waals surface area contributed by atoms with E-state index in [1.807, 2.05) is 0 Å². The predicted molar refractivity (Wildman–Crippen MR) is 83.8 cm³/mol. The molecule has 1 aromatic rings. The first-order valence-corrected chi connectivity index (χ1v) is 7.66. The zero-order valence-electron chi connectivity index (χ0n) is 12.8. The van der Waals surface area contributed by atoms with Crippen molar-refractivity contribution in [2.45, 2.75) is 51.7 Å². The average molecular weight is 378 g/mol. The Morgan fingerprint density at radius 3 is 2.64 bits per heavy atom. The summed E-state index contributed by atoms with van der Waals surface area (Å²) in [5.74, 6) is -1.52. The first-order valence-electron chi connectivity index (χ1n) is 6.87. The Morgan fingerprint density at radius 1 is 1.45 bits per heavy atom.